The topological polar surface area (TPSA) is 76.9 Å². The van der Waals surface area contributed by atoms with E-state index in [-0.39, 0.29) is 11.5 Å². The first-order chi connectivity index (χ1) is 13.5. The maximum Gasteiger partial charge on any atom is 0.265 e. The van der Waals surface area contributed by atoms with Gasteiger partial charge in [0, 0.05) is 22.6 Å². The highest BCUT2D eigenvalue weighted by Crippen LogP contribution is 2.17. The van der Waals surface area contributed by atoms with Crippen molar-refractivity contribution in [3.63, 3.8) is 0 Å². The summed E-state index contributed by atoms with van der Waals surface area (Å²) in [6.45, 7) is 1.80. The highest BCUT2D eigenvalue weighted by atomic mass is 79.9. The molecule has 4 rings (SSSR count). The highest BCUT2D eigenvalue weighted by molar-refractivity contribution is 9.10. The summed E-state index contributed by atoms with van der Waals surface area (Å²) < 4.78 is 2.29. The molecule has 2 heterocycles. The first-order valence-electron chi connectivity index (χ1n) is 8.54. The fourth-order valence-electron chi connectivity index (χ4n) is 2.98. The predicted octanol–water partition coefficient (Wildman–Crippen LogP) is 4.10. The Balaban J connectivity index is 1.65. The van der Waals surface area contributed by atoms with Gasteiger partial charge < -0.3 is 5.32 Å². The summed E-state index contributed by atoms with van der Waals surface area (Å²) in [5, 5.41) is 3.38. The van der Waals surface area contributed by atoms with Gasteiger partial charge in [0.2, 0.25) is 0 Å². The van der Waals surface area contributed by atoms with Crippen molar-refractivity contribution in [1.29, 1.82) is 0 Å². The largest absolute Gasteiger partial charge is 0.322 e. The Morgan fingerprint density at radius 3 is 2.57 bits per heavy atom. The minimum Gasteiger partial charge on any atom is -0.322 e. The number of para-hydroxylation sites is 1. The van der Waals surface area contributed by atoms with Crippen LogP contribution >= 0.6 is 15.9 Å². The first-order valence-corrected chi connectivity index (χ1v) is 9.33. The molecule has 0 bridgehead atoms. The van der Waals surface area contributed by atoms with Crippen LogP contribution in [0.5, 0.6) is 0 Å². The second-order valence-corrected chi connectivity index (χ2v) is 7.13. The molecular formula is C21H15BrN4O2. The monoisotopic (exact) mass is 434 g/mol. The third-order valence-electron chi connectivity index (χ3n) is 4.29. The van der Waals surface area contributed by atoms with E-state index in [0.29, 0.717) is 33.7 Å². The van der Waals surface area contributed by atoms with Gasteiger partial charge in [0.05, 0.1) is 22.2 Å². The van der Waals surface area contributed by atoms with Gasteiger partial charge in [-0.15, -0.1) is 0 Å². The van der Waals surface area contributed by atoms with Crippen molar-refractivity contribution in [3.8, 4) is 5.69 Å². The Morgan fingerprint density at radius 2 is 1.82 bits per heavy atom. The van der Waals surface area contributed by atoms with E-state index in [1.54, 1.807) is 54.1 Å². The molecule has 138 valence electrons. The summed E-state index contributed by atoms with van der Waals surface area (Å²) >= 11 is 3.30. The van der Waals surface area contributed by atoms with Gasteiger partial charge >= 0.3 is 0 Å². The van der Waals surface area contributed by atoms with Crippen LogP contribution in [0, 0.1) is 6.92 Å². The second kappa shape index (κ2) is 7.36. The summed E-state index contributed by atoms with van der Waals surface area (Å²) in [6.07, 6.45) is 3.11. The van der Waals surface area contributed by atoms with Crippen LogP contribution in [-0.2, 0) is 0 Å². The molecule has 1 N–H and O–H groups in total. The number of benzene rings is 2. The first kappa shape index (κ1) is 18.1. The van der Waals surface area contributed by atoms with Crippen LogP contribution in [0.3, 0.4) is 0 Å². The number of pyridine rings is 1. The maximum atomic E-state index is 12.9. The molecule has 7 heteroatoms. The molecule has 0 saturated carbocycles. The fourth-order valence-corrected chi connectivity index (χ4v) is 3.35. The molecule has 0 aliphatic heterocycles. The quantitative estimate of drug-likeness (QED) is 0.526. The average Bonchev–Trinajstić information content (AvgIpc) is 2.69. The molecule has 0 saturated heterocycles. The zero-order chi connectivity index (χ0) is 19.7. The molecular weight excluding hydrogens is 420 g/mol. The number of hydrogen-bond donors (Lipinski definition) is 1. The van der Waals surface area contributed by atoms with Crippen molar-refractivity contribution in [2.75, 3.05) is 5.32 Å². The van der Waals surface area contributed by atoms with E-state index < -0.39 is 0 Å². The fraction of sp³-hybridized carbons (Fsp3) is 0.0476. The Morgan fingerprint density at radius 1 is 1.07 bits per heavy atom. The molecule has 0 spiro atoms. The lowest BCUT2D eigenvalue weighted by molar-refractivity contribution is 0.102. The number of amides is 1. The van der Waals surface area contributed by atoms with Crippen LogP contribution < -0.4 is 10.9 Å². The standard InChI is InChI=1S/C21H15BrN4O2/c1-13-24-19-5-3-2-4-18(19)21(28)26(13)17-8-6-16(7-9-17)25-20(27)14-10-15(22)12-23-11-14/h2-12H,1H3,(H,25,27). The summed E-state index contributed by atoms with van der Waals surface area (Å²) in [6, 6.07) is 16.0. The van der Waals surface area contributed by atoms with Gasteiger partial charge in [0.25, 0.3) is 11.5 Å². The summed E-state index contributed by atoms with van der Waals surface area (Å²) in [5.74, 6) is 0.336. The summed E-state index contributed by atoms with van der Waals surface area (Å²) in [4.78, 5) is 33.7. The zero-order valence-electron chi connectivity index (χ0n) is 14.9. The van der Waals surface area contributed by atoms with E-state index in [4.69, 9.17) is 0 Å². The molecule has 0 aliphatic carbocycles. The van der Waals surface area contributed by atoms with Crippen LogP contribution in [-0.4, -0.2) is 20.4 Å². The normalized spacial score (nSPS) is 10.8. The third-order valence-corrected chi connectivity index (χ3v) is 4.73. The van der Waals surface area contributed by atoms with E-state index in [0.717, 1.165) is 4.47 Å². The Bertz CT molecular complexity index is 1250. The van der Waals surface area contributed by atoms with E-state index >= 15 is 0 Å². The van der Waals surface area contributed by atoms with Gasteiger partial charge in [0.1, 0.15) is 5.82 Å². The predicted molar refractivity (Wildman–Crippen MR) is 112 cm³/mol. The number of nitrogens with one attached hydrogen (secondary N) is 1. The molecule has 0 radical (unpaired) electrons. The number of aromatic nitrogens is 3. The van der Waals surface area contributed by atoms with Crippen molar-refractivity contribution >= 4 is 38.4 Å². The van der Waals surface area contributed by atoms with E-state index in [2.05, 4.69) is 31.2 Å². The van der Waals surface area contributed by atoms with Gasteiger partial charge in [-0.3, -0.25) is 19.1 Å². The minimum atomic E-state index is -0.262. The second-order valence-electron chi connectivity index (χ2n) is 6.21. The van der Waals surface area contributed by atoms with Crippen LogP contribution in [0.4, 0.5) is 5.69 Å². The molecule has 1 amide bonds. The molecule has 0 fully saturated rings. The van der Waals surface area contributed by atoms with Crippen LogP contribution in [0.1, 0.15) is 16.2 Å². The lowest BCUT2D eigenvalue weighted by Crippen LogP contribution is -2.22. The average molecular weight is 435 g/mol. The summed E-state index contributed by atoms with van der Waals surface area (Å²) in [7, 11) is 0. The smallest absolute Gasteiger partial charge is 0.265 e. The summed E-state index contributed by atoms with van der Waals surface area (Å²) in [5.41, 5.74) is 2.30. The minimum absolute atomic E-state index is 0.125. The number of aryl methyl sites for hydroxylation is 1. The molecule has 2 aromatic carbocycles. The van der Waals surface area contributed by atoms with Crippen LogP contribution in [0.2, 0.25) is 0 Å². The number of rotatable bonds is 3. The van der Waals surface area contributed by atoms with Gasteiger partial charge in [-0.2, -0.15) is 0 Å². The molecule has 0 aliphatic rings. The Kier molecular flexibility index (Phi) is 4.75. The maximum absolute atomic E-state index is 12.9. The molecule has 28 heavy (non-hydrogen) atoms. The van der Waals surface area contributed by atoms with Crippen molar-refractivity contribution in [2.24, 2.45) is 0 Å². The zero-order valence-corrected chi connectivity index (χ0v) is 16.5. The van der Waals surface area contributed by atoms with Gasteiger partial charge in [-0.25, -0.2) is 4.98 Å². The van der Waals surface area contributed by atoms with Gasteiger partial charge in [-0.05, 0) is 65.3 Å². The Labute approximate surface area is 169 Å². The Hall–Kier alpha value is -3.32. The van der Waals surface area contributed by atoms with E-state index in [1.165, 1.54) is 6.20 Å². The number of fused-ring (bicyclic) bond motifs is 1. The van der Waals surface area contributed by atoms with Gasteiger partial charge in [0.15, 0.2) is 0 Å². The van der Waals surface area contributed by atoms with Crippen molar-refractivity contribution in [1.82, 2.24) is 14.5 Å². The number of anilines is 1. The van der Waals surface area contributed by atoms with Gasteiger partial charge in [-0.1, -0.05) is 12.1 Å². The number of carbonyl (C=O) groups excluding carboxylic acids is 1. The van der Waals surface area contributed by atoms with Crippen LogP contribution in [0.15, 0.2) is 76.3 Å². The number of nitrogens with zero attached hydrogens (tertiary/aromatic N) is 3. The number of carbonyl (C=O) groups is 1. The molecule has 0 atom stereocenters. The van der Waals surface area contributed by atoms with E-state index in [9.17, 15) is 9.59 Å². The molecule has 4 aromatic rings. The van der Waals surface area contributed by atoms with E-state index in [1.807, 2.05) is 18.2 Å². The molecule has 0 unspecified atom stereocenters. The van der Waals surface area contributed by atoms with Crippen LogP contribution in [0.25, 0.3) is 16.6 Å². The number of halogens is 1. The SMILES string of the molecule is Cc1nc2ccccc2c(=O)n1-c1ccc(NC(=O)c2cncc(Br)c2)cc1. The lowest BCUT2D eigenvalue weighted by atomic mass is 10.2. The lowest BCUT2D eigenvalue weighted by Gasteiger charge is -2.12. The third kappa shape index (κ3) is 3.44. The van der Waals surface area contributed by atoms with Crippen molar-refractivity contribution in [2.45, 2.75) is 6.92 Å². The number of hydrogen-bond acceptors (Lipinski definition) is 4. The van der Waals surface area contributed by atoms with Crippen molar-refractivity contribution in [3.05, 3.63) is 93.2 Å². The highest BCUT2D eigenvalue weighted by Gasteiger charge is 2.11. The molecule has 2 aromatic heterocycles. The molecule has 6 nitrogen and oxygen atoms in total. The van der Waals surface area contributed by atoms with Crippen molar-refractivity contribution < 1.29 is 4.79 Å².